The summed E-state index contributed by atoms with van der Waals surface area (Å²) in [6.45, 7) is 2.94. The fraction of sp³-hybridized carbons (Fsp3) is 0.391. The van der Waals surface area contributed by atoms with Crippen LogP contribution < -0.4 is 24.8 Å². The summed E-state index contributed by atoms with van der Waals surface area (Å²) in [5.74, 6) is 0.734. The number of piperidine rings is 1. The van der Waals surface area contributed by atoms with Crippen molar-refractivity contribution in [2.75, 3.05) is 36.9 Å². The summed E-state index contributed by atoms with van der Waals surface area (Å²) >= 11 is 0. The fourth-order valence-electron chi connectivity index (χ4n) is 4.22. The van der Waals surface area contributed by atoms with E-state index >= 15 is 0 Å². The minimum atomic E-state index is -3.71. The highest BCUT2D eigenvalue weighted by atomic mass is 32.2. The molecule has 1 atom stereocenters. The van der Waals surface area contributed by atoms with Crippen LogP contribution >= 0.6 is 0 Å². The molecule has 0 bridgehead atoms. The Balaban J connectivity index is 1.21. The minimum Gasteiger partial charge on any atom is -0.486 e. The molecule has 34 heavy (non-hydrogen) atoms. The second-order valence-electron chi connectivity index (χ2n) is 8.43. The molecule has 0 spiro atoms. The molecular formula is C23H25N3O7S. The molecule has 2 aromatic carbocycles. The van der Waals surface area contributed by atoms with Crippen molar-refractivity contribution in [3.05, 3.63) is 36.4 Å². The number of ether oxygens (including phenoxy) is 3. The number of rotatable bonds is 4. The first-order chi connectivity index (χ1) is 16.3. The van der Waals surface area contributed by atoms with E-state index in [1.807, 2.05) is 0 Å². The van der Waals surface area contributed by atoms with Gasteiger partial charge in [0.05, 0.1) is 10.6 Å². The van der Waals surface area contributed by atoms with Gasteiger partial charge in [0.15, 0.2) is 17.6 Å². The molecule has 10 nitrogen and oxygen atoms in total. The van der Waals surface area contributed by atoms with E-state index in [1.165, 1.54) is 16.4 Å². The molecule has 11 heteroatoms. The second kappa shape index (κ2) is 8.80. The molecule has 0 unspecified atom stereocenters. The molecule has 2 aromatic rings. The third kappa shape index (κ3) is 4.28. The molecule has 0 aromatic heterocycles. The van der Waals surface area contributed by atoms with E-state index in [0.717, 1.165) is 0 Å². The highest BCUT2D eigenvalue weighted by Gasteiger charge is 2.33. The smallest absolute Gasteiger partial charge is 0.265 e. The molecule has 3 aliphatic rings. The van der Waals surface area contributed by atoms with E-state index in [4.69, 9.17) is 14.2 Å². The zero-order valence-electron chi connectivity index (χ0n) is 18.6. The normalized spacial score (nSPS) is 20.6. The maximum atomic E-state index is 13.1. The Morgan fingerprint density at radius 3 is 2.50 bits per heavy atom. The lowest BCUT2D eigenvalue weighted by Gasteiger charge is -2.31. The third-order valence-corrected chi connectivity index (χ3v) is 8.05. The van der Waals surface area contributed by atoms with Crippen LogP contribution in [-0.2, 0) is 19.6 Å². The van der Waals surface area contributed by atoms with Gasteiger partial charge in [-0.2, -0.15) is 4.31 Å². The van der Waals surface area contributed by atoms with E-state index < -0.39 is 16.1 Å². The summed E-state index contributed by atoms with van der Waals surface area (Å²) in [6.07, 6.45) is 0.229. The lowest BCUT2D eigenvalue weighted by molar-refractivity contribution is -0.122. The van der Waals surface area contributed by atoms with Crippen molar-refractivity contribution in [3.63, 3.8) is 0 Å². The lowest BCUT2D eigenvalue weighted by atomic mass is 9.97. The molecule has 3 aliphatic heterocycles. The van der Waals surface area contributed by atoms with Gasteiger partial charge in [0, 0.05) is 30.8 Å². The quantitative estimate of drug-likeness (QED) is 0.678. The molecule has 3 heterocycles. The summed E-state index contributed by atoms with van der Waals surface area (Å²) in [5.41, 5.74) is 1.04. The highest BCUT2D eigenvalue weighted by Crippen LogP contribution is 2.35. The van der Waals surface area contributed by atoms with Crippen molar-refractivity contribution < 1.29 is 32.2 Å². The first-order valence-corrected chi connectivity index (χ1v) is 12.6. The number of carbonyl (C=O) groups is 2. The number of anilines is 2. The number of amides is 2. The SMILES string of the molecule is C[C@@H]1Oc2ccc(NC(=O)C3CCN(S(=O)(=O)c4ccc5c(c4)OCCO5)CC3)cc2NC1=O. The highest BCUT2D eigenvalue weighted by molar-refractivity contribution is 7.89. The molecule has 2 N–H and O–H groups in total. The molecule has 180 valence electrons. The summed E-state index contributed by atoms with van der Waals surface area (Å²) in [6, 6.07) is 9.67. The number of nitrogens with one attached hydrogen (secondary N) is 2. The first kappa shape index (κ1) is 22.5. The van der Waals surface area contributed by atoms with Crippen LogP contribution in [0, 0.1) is 5.92 Å². The molecular weight excluding hydrogens is 462 g/mol. The molecule has 0 aliphatic carbocycles. The largest absolute Gasteiger partial charge is 0.486 e. The Labute approximate surface area is 197 Å². The van der Waals surface area contributed by atoms with Crippen LogP contribution in [0.2, 0.25) is 0 Å². The van der Waals surface area contributed by atoms with E-state index in [9.17, 15) is 18.0 Å². The standard InChI is InChI=1S/C23H25N3O7S/c1-14-22(27)25-18-12-16(2-4-19(18)33-14)24-23(28)15-6-8-26(9-7-15)34(29,30)17-3-5-20-21(13-17)32-11-10-31-20/h2-5,12-15H,6-11H2,1H3,(H,24,28)(H,25,27)/t14-/m0/s1. The molecule has 1 saturated heterocycles. The maximum absolute atomic E-state index is 13.1. The average Bonchev–Trinajstić information content (AvgIpc) is 2.84. The van der Waals surface area contributed by atoms with Gasteiger partial charge in [-0.1, -0.05) is 0 Å². The van der Waals surface area contributed by atoms with Crippen molar-refractivity contribution in [3.8, 4) is 17.2 Å². The number of nitrogens with zero attached hydrogens (tertiary/aromatic N) is 1. The monoisotopic (exact) mass is 487 g/mol. The van der Waals surface area contributed by atoms with Crippen LogP contribution in [0.3, 0.4) is 0 Å². The van der Waals surface area contributed by atoms with Gasteiger partial charge in [-0.05, 0) is 50.1 Å². The van der Waals surface area contributed by atoms with Gasteiger partial charge >= 0.3 is 0 Å². The van der Waals surface area contributed by atoms with Crippen LogP contribution in [0.25, 0.3) is 0 Å². The fourth-order valence-corrected chi connectivity index (χ4v) is 5.71. The minimum absolute atomic E-state index is 0.146. The number of sulfonamides is 1. The molecule has 1 fully saturated rings. The van der Waals surface area contributed by atoms with E-state index in [2.05, 4.69) is 10.6 Å². The summed E-state index contributed by atoms with van der Waals surface area (Å²) in [7, 11) is -3.71. The van der Waals surface area contributed by atoms with Gasteiger partial charge in [-0.3, -0.25) is 9.59 Å². The van der Waals surface area contributed by atoms with Gasteiger partial charge in [0.25, 0.3) is 5.91 Å². The van der Waals surface area contributed by atoms with Gasteiger partial charge in [0.1, 0.15) is 19.0 Å². The van der Waals surface area contributed by atoms with Gasteiger partial charge in [-0.15, -0.1) is 0 Å². The van der Waals surface area contributed by atoms with Crippen LogP contribution in [0.4, 0.5) is 11.4 Å². The van der Waals surface area contributed by atoms with Crippen LogP contribution in [0.5, 0.6) is 17.2 Å². The number of hydrogen-bond acceptors (Lipinski definition) is 7. The summed E-state index contributed by atoms with van der Waals surface area (Å²) in [5, 5.41) is 5.62. The van der Waals surface area contributed by atoms with Crippen molar-refractivity contribution >= 4 is 33.2 Å². The van der Waals surface area contributed by atoms with Crippen molar-refractivity contribution in [1.29, 1.82) is 0 Å². The maximum Gasteiger partial charge on any atom is 0.265 e. The average molecular weight is 488 g/mol. The summed E-state index contributed by atoms with van der Waals surface area (Å²) < 4.78 is 44.1. The Morgan fingerprint density at radius 2 is 1.74 bits per heavy atom. The first-order valence-electron chi connectivity index (χ1n) is 11.1. The Bertz CT molecular complexity index is 1240. The zero-order chi connectivity index (χ0) is 23.9. The van der Waals surface area contributed by atoms with Crippen LogP contribution in [0.15, 0.2) is 41.3 Å². The Morgan fingerprint density at radius 1 is 1.03 bits per heavy atom. The number of benzene rings is 2. The number of fused-ring (bicyclic) bond motifs is 2. The van der Waals surface area contributed by atoms with Crippen molar-refractivity contribution in [2.24, 2.45) is 5.92 Å². The van der Waals surface area contributed by atoms with Gasteiger partial charge < -0.3 is 24.8 Å². The zero-order valence-corrected chi connectivity index (χ0v) is 19.4. The van der Waals surface area contributed by atoms with E-state index in [0.29, 0.717) is 54.7 Å². The Hall–Kier alpha value is -3.31. The summed E-state index contributed by atoms with van der Waals surface area (Å²) in [4.78, 5) is 24.8. The van der Waals surface area contributed by atoms with Crippen molar-refractivity contribution in [1.82, 2.24) is 4.31 Å². The van der Waals surface area contributed by atoms with Crippen LogP contribution in [-0.4, -0.2) is 56.9 Å². The predicted molar refractivity (Wildman–Crippen MR) is 123 cm³/mol. The van der Waals surface area contributed by atoms with Gasteiger partial charge in [-0.25, -0.2) is 8.42 Å². The molecule has 0 saturated carbocycles. The predicted octanol–water partition coefficient (Wildman–Crippen LogP) is 2.22. The van der Waals surface area contributed by atoms with Crippen molar-refractivity contribution in [2.45, 2.75) is 30.8 Å². The third-order valence-electron chi connectivity index (χ3n) is 6.15. The number of carbonyl (C=O) groups excluding carboxylic acids is 2. The Kier molecular flexibility index (Phi) is 5.82. The topological polar surface area (TPSA) is 123 Å². The van der Waals surface area contributed by atoms with Gasteiger partial charge in [0.2, 0.25) is 15.9 Å². The second-order valence-corrected chi connectivity index (χ2v) is 10.4. The molecule has 0 radical (unpaired) electrons. The molecule has 2 amide bonds. The number of hydrogen-bond donors (Lipinski definition) is 2. The lowest BCUT2D eigenvalue weighted by Crippen LogP contribution is -2.41. The molecule has 5 rings (SSSR count). The van der Waals surface area contributed by atoms with E-state index in [1.54, 1.807) is 31.2 Å². The van der Waals surface area contributed by atoms with E-state index in [-0.39, 0.29) is 35.7 Å². The van der Waals surface area contributed by atoms with Crippen LogP contribution in [0.1, 0.15) is 19.8 Å².